The minimum absolute atomic E-state index is 0.0636. The van der Waals surface area contributed by atoms with Gasteiger partial charge in [0.25, 0.3) is 5.91 Å². The summed E-state index contributed by atoms with van der Waals surface area (Å²) in [5, 5.41) is 0. The normalized spacial score (nSPS) is 12.4. The minimum Gasteiger partial charge on any atom is -0.302 e. The van der Waals surface area contributed by atoms with E-state index in [0.717, 1.165) is 11.3 Å². The van der Waals surface area contributed by atoms with E-state index in [1.54, 1.807) is 26.0 Å². The van der Waals surface area contributed by atoms with E-state index in [1.165, 1.54) is 39.2 Å². The number of halogens is 1. The number of fused-ring (bicyclic) bond motifs is 1. The zero-order chi connectivity index (χ0) is 21.9. The van der Waals surface area contributed by atoms with E-state index < -0.39 is 21.7 Å². The van der Waals surface area contributed by atoms with E-state index in [9.17, 15) is 17.6 Å². The van der Waals surface area contributed by atoms with Crippen LogP contribution in [-0.4, -0.2) is 36.3 Å². The van der Waals surface area contributed by atoms with E-state index in [-0.39, 0.29) is 21.8 Å². The molecular formula is C21H20FN3O3S2. The Bertz CT molecular complexity index is 1300. The lowest BCUT2D eigenvalue weighted by atomic mass is 10.2. The first-order valence-electron chi connectivity index (χ1n) is 9.24. The topological polar surface area (TPSA) is 71.7 Å². The fourth-order valence-corrected chi connectivity index (χ4v) is 5.54. The van der Waals surface area contributed by atoms with Crippen LogP contribution in [0.1, 0.15) is 24.2 Å². The molecule has 0 bridgehead atoms. The highest BCUT2D eigenvalue weighted by Crippen LogP contribution is 2.21. The maximum Gasteiger partial charge on any atom is 0.279 e. The molecule has 9 heteroatoms. The molecule has 0 aliphatic heterocycles. The Morgan fingerprint density at radius 1 is 1.20 bits per heavy atom. The van der Waals surface area contributed by atoms with Crippen molar-refractivity contribution in [3.05, 3.63) is 58.6 Å². The minimum atomic E-state index is -3.61. The number of para-hydroxylation sites is 1. The van der Waals surface area contributed by atoms with Gasteiger partial charge < -0.3 is 4.57 Å². The number of sulfonamides is 1. The van der Waals surface area contributed by atoms with Crippen LogP contribution in [0.25, 0.3) is 10.2 Å². The Morgan fingerprint density at radius 2 is 1.87 bits per heavy atom. The number of carbonyl (C=O) groups excluding carboxylic acids is 1. The molecule has 3 rings (SSSR count). The second-order valence-electron chi connectivity index (χ2n) is 6.29. The lowest BCUT2D eigenvalue weighted by molar-refractivity contribution is 0.0997. The van der Waals surface area contributed by atoms with Gasteiger partial charge in [0, 0.05) is 18.7 Å². The molecule has 2 aromatic carbocycles. The molecule has 0 aliphatic rings. The molecule has 1 heterocycles. The summed E-state index contributed by atoms with van der Waals surface area (Å²) in [6.07, 6.45) is 5.40. The summed E-state index contributed by atoms with van der Waals surface area (Å²) in [4.78, 5) is 17.1. The molecule has 1 aromatic heterocycles. The Labute approximate surface area is 178 Å². The van der Waals surface area contributed by atoms with Crippen molar-refractivity contribution >= 4 is 37.5 Å². The highest BCUT2D eigenvalue weighted by Gasteiger charge is 2.21. The first-order valence-corrected chi connectivity index (χ1v) is 11.5. The molecule has 30 heavy (non-hydrogen) atoms. The third-order valence-corrected chi connectivity index (χ3v) is 7.65. The number of rotatable bonds is 6. The van der Waals surface area contributed by atoms with E-state index in [4.69, 9.17) is 6.42 Å². The van der Waals surface area contributed by atoms with Gasteiger partial charge in [-0.05, 0) is 36.4 Å². The van der Waals surface area contributed by atoms with Crippen LogP contribution in [0, 0.1) is 18.2 Å². The van der Waals surface area contributed by atoms with Crippen molar-refractivity contribution < 1.29 is 17.6 Å². The van der Waals surface area contributed by atoms with Crippen molar-refractivity contribution in [3.63, 3.8) is 0 Å². The summed E-state index contributed by atoms with van der Waals surface area (Å²) in [7, 11) is -3.61. The number of nitrogens with zero attached hydrogens (tertiary/aromatic N) is 3. The molecule has 0 radical (unpaired) electrons. The van der Waals surface area contributed by atoms with Gasteiger partial charge in [0.15, 0.2) is 4.80 Å². The summed E-state index contributed by atoms with van der Waals surface area (Å²) in [5.41, 5.74) is 0.520. The zero-order valence-corrected chi connectivity index (χ0v) is 18.1. The first-order chi connectivity index (χ1) is 14.3. The monoisotopic (exact) mass is 445 g/mol. The van der Waals surface area contributed by atoms with E-state index in [2.05, 4.69) is 10.9 Å². The van der Waals surface area contributed by atoms with E-state index in [1.807, 2.05) is 0 Å². The standard InChI is InChI=1S/C21H20FN3O3S2/c1-4-14-25-19-17(22)8-7-9-18(19)29-21(25)23-20(26)15-10-12-16(13-11-15)30(27,28)24(5-2)6-3/h1,7-13H,5-6,14H2,2-3H3. The van der Waals surface area contributed by atoms with Crippen molar-refractivity contribution in [2.45, 2.75) is 25.3 Å². The van der Waals surface area contributed by atoms with Crippen molar-refractivity contribution in [1.82, 2.24) is 8.87 Å². The van der Waals surface area contributed by atoms with Crippen LogP contribution in [0.15, 0.2) is 52.4 Å². The molecule has 0 atom stereocenters. The molecule has 0 aliphatic carbocycles. The third-order valence-electron chi connectivity index (χ3n) is 4.54. The number of hydrogen-bond donors (Lipinski definition) is 0. The van der Waals surface area contributed by atoms with Crippen molar-refractivity contribution in [2.75, 3.05) is 13.1 Å². The van der Waals surface area contributed by atoms with Gasteiger partial charge in [-0.2, -0.15) is 9.30 Å². The lowest BCUT2D eigenvalue weighted by Crippen LogP contribution is -2.30. The first kappa shape index (κ1) is 21.9. The zero-order valence-electron chi connectivity index (χ0n) is 16.5. The summed E-state index contributed by atoms with van der Waals surface area (Å²) in [5.74, 6) is 1.43. The average Bonchev–Trinajstić information content (AvgIpc) is 3.07. The van der Waals surface area contributed by atoms with Gasteiger partial charge in [0.2, 0.25) is 10.0 Å². The Morgan fingerprint density at radius 3 is 2.47 bits per heavy atom. The highest BCUT2D eigenvalue weighted by molar-refractivity contribution is 7.89. The van der Waals surface area contributed by atoms with Gasteiger partial charge >= 0.3 is 0 Å². The molecule has 3 aromatic rings. The number of aromatic nitrogens is 1. The molecule has 0 N–H and O–H groups in total. The largest absolute Gasteiger partial charge is 0.302 e. The summed E-state index contributed by atoms with van der Waals surface area (Å²) in [6, 6.07) is 10.2. The van der Waals surface area contributed by atoms with Gasteiger partial charge in [0.1, 0.15) is 5.82 Å². The Balaban J connectivity index is 2.01. The molecule has 0 fully saturated rings. The van der Waals surface area contributed by atoms with Gasteiger partial charge in [-0.15, -0.1) is 6.42 Å². The van der Waals surface area contributed by atoms with E-state index >= 15 is 0 Å². The van der Waals surface area contributed by atoms with Gasteiger partial charge in [-0.3, -0.25) is 4.79 Å². The van der Waals surface area contributed by atoms with Crippen LogP contribution in [-0.2, 0) is 16.6 Å². The lowest BCUT2D eigenvalue weighted by Gasteiger charge is -2.18. The number of thiazole rings is 1. The molecule has 156 valence electrons. The predicted octanol–water partition coefficient (Wildman–Crippen LogP) is 3.25. The number of carbonyl (C=O) groups is 1. The van der Waals surface area contributed by atoms with Crippen LogP contribution < -0.4 is 4.80 Å². The summed E-state index contributed by atoms with van der Waals surface area (Å²) < 4.78 is 42.8. The number of amides is 1. The molecular weight excluding hydrogens is 425 g/mol. The number of hydrogen-bond acceptors (Lipinski definition) is 4. The Kier molecular flexibility index (Phi) is 6.51. The number of terminal acetylenes is 1. The predicted molar refractivity (Wildman–Crippen MR) is 115 cm³/mol. The van der Waals surface area contributed by atoms with Crippen LogP contribution in [0.3, 0.4) is 0 Å². The molecule has 0 spiro atoms. The molecule has 0 unspecified atom stereocenters. The van der Waals surface area contributed by atoms with Gasteiger partial charge in [-0.25, -0.2) is 12.8 Å². The smallest absolute Gasteiger partial charge is 0.279 e. The van der Waals surface area contributed by atoms with Crippen molar-refractivity contribution in [1.29, 1.82) is 0 Å². The van der Waals surface area contributed by atoms with Crippen molar-refractivity contribution in [2.24, 2.45) is 4.99 Å². The second-order valence-corrected chi connectivity index (χ2v) is 9.24. The molecule has 0 saturated carbocycles. The quantitative estimate of drug-likeness (QED) is 0.547. The fraction of sp³-hybridized carbons (Fsp3) is 0.238. The van der Waals surface area contributed by atoms with E-state index in [0.29, 0.717) is 23.3 Å². The van der Waals surface area contributed by atoms with Crippen LogP contribution >= 0.6 is 11.3 Å². The van der Waals surface area contributed by atoms with Crippen LogP contribution in [0.5, 0.6) is 0 Å². The molecule has 0 saturated heterocycles. The Hall–Kier alpha value is -2.80. The summed E-state index contributed by atoms with van der Waals surface area (Å²) in [6.45, 7) is 4.29. The van der Waals surface area contributed by atoms with Crippen LogP contribution in [0.2, 0.25) is 0 Å². The maximum atomic E-state index is 14.3. The second kappa shape index (κ2) is 8.92. The SMILES string of the molecule is C#CCn1c(=NC(=O)c2ccc(S(=O)(=O)N(CC)CC)cc2)sc2cccc(F)c21. The fourth-order valence-electron chi connectivity index (χ4n) is 3.04. The van der Waals surface area contributed by atoms with Gasteiger partial charge in [-0.1, -0.05) is 37.2 Å². The molecule has 1 amide bonds. The third kappa shape index (κ3) is 4.07. The highest BCUT2D eigenvalue weighted by atomic mass is 32.2. The molecule has 6 nitrogen and oxygen atoms in total. The average molecular weight is 446 g/mol. The van der Waals surface area contributed by atoms with Crippen LogP contribution in [0.4, 0.5) is 4.39 Å². The van der Waals surface area contributed by atoms with Crippen molar-refractivity contribution in [3.8, 4) is 12.3 Å². The van der Waals surface area contributed by atoms with Gasteiger partial charge in [0.05, 0.1) is 21.7 Å². The summed E-state index contributed by atoms with van der Waals surface area (Å²) >= 11 is 1.16. The number of benzene rings is 2. The maximum absolute atomic E-state index is 14.3.